The van der Waals surface area contributed by atoms with Gasteiger partial charge in [0.25, 0.3) is 11.5 Å². The maximum Gasteiger partial charge on any atom is 0.328 e. The van der Waals surface area contributed by atoms with Gasteiger partial charge in [-0.2, -0.15) is 0 Å². The first-order chi connectivity index (χ1) is 9.92. The molecule has 1 amide bonds. The Labute approximate surface area is 131 Å². The maximum atomic E-state index is 11.7. The summed E-state index contributed by atoms with van der Waals surface area (Å²) in [5.74, 6) is 4.63. The molecule has 0 aliphatic carbocycles. The number of aromatic nitrogens is 2. The van der Waals surface area contributed by atoms with E-state index in [1.807, 2.05) is 5.43 Å². The maximum absolute atomic E-state index is 11.7. The van der Waals surface area contributed by atoms with Crippen LogP contribution in [0, 0.1) is 0 Å². The second kappa shape index (κ2) is 6.25. The number of hydrazine groups is 1. The fourth-order valence-electron chi connectivity index (χ4n) is 1.68. The number of H-pyrrole nitrogens is 1. The third-order valence-electron chi connectivity index (χ3n) is 2.75. The molecule has 0 aliphatic rings. The van der Waals surface area contributed by atoms with Gasteiger partial charge < -0.3 is 0 Å². The van der Waals surface area contributed by atoms with Crippen LogP contribution in [0.2, 0.25) is 5.02 Å². The Morgan fingerprint density at radius 3 is 2.76 bits per heavy atom. The molecule has 0 saturated heterocycles. The average Bonchev–Trinajstić information content (AvgIpc) is 2.45. The molecule has 9 heteroatoms. The summed E-state index contributed by atoms with van der Waals surface area (Å²) >= 11 is 9.01. The van der Waals surface area contributed by atoms with Crippen molar-refractivity contribution < 1.29 is 4.79 Å². The smallest absolute Gasteiger partial charge is 0.295 e. The van der Waals surface area contributed by atoms with Crippen LogP contribution in [0.1, 0.15) is 15.9 Å². The molecular weight excluding hydrogens is 364 g/mol. The molecule has 0 spiro atoms. The third kappa shape index (κ3) is 3.41. The number of nitrogens with two attached hydrogens (primary N) is 1. The van der Waals surface area contributed by atoms with E-state index < -0.39 is 17.2 Å². The van der Waals surface area contributed by atoms with Crippen LogP contribution in [0.25, 0.3) is 0 Å². The van der Waals surface area contributed by atoms with Gasteiger partial charge in [0.15, 0.2) is 0 Å². The van der Waals surface area contributed by atoms with Crippen LogP contribution in [-0.2, 0) is 6.54 Å². The third-order valence-corrected chi connectivity index (χ3v) is 3.76. The molecule has 110 valence electrons. The lowest BCUT2D eigenvalue weighted by Gasteiger charge is -2.09. The molecule has 1 aromatic heterocycles. The van der Waals surface area contributed by atoms with E-state index >= 15 is 0 Å². The zero-order valence-electron chi connectivity index (χ0n) is 10.5. The molecule has 0 saturated carbocycles. The van der Waals surface area contributed by atoms with Gasteiger partial charge in [0.1, 0.15) is 5.02 Å². The van der Waals surface area contributed by atoms with Gasteiger partial charge in [0, 0.05) is 16.2 Å². The summed E-state index contributed by atoms with van der Waals surface area (Å²) in [5, 5.41) is -0.0788. The van der Waals surface area contributed by atoms with Crippen molar-refractivity contribution in [1.82, 2.24) is 15.0 Å². The van der Waals surface area contributed by atoms with Crippen molar-refractivity contribution in [3.63, 3.8) is 0 Å². The van der Waals surface area contributed by atoms with Gasteiger partial charge in [-0.1, -0.05) is 33.6 Å². The number of carbonyl (C=O) groups excluding carboxylic acids is 1. The summed E-state index contributed by atoms with van der Waals surface area (Å²) in [4.78, 5) is 36.4. The first kappa shape index (κ1) is 15.5. The molecule has 2 rings (SSSR count). The van der Waals surface area contributed by atoms with Crippen molar-refractivity contribution in [2.75, 3.05) is 0 Å². The first-order valence-corrected chi connectivity index (χ1v) is 6.88. The highest BCUT2D eigenvalue weighted by Gasteiger charge is 2.09. The zero-order chi connectivity index (χ0) is 15.6. The number of aromatic amines is 1. The highest BCUT2D eigenvalue weighted by atomic mass is 79.9. The largest absolute Gasteiger partial charge is 0.328 e. The second-order valence-corrected chi connectivity index (χ2v) is 5.41. The standard InChI is InChI=1S/C12H10BrClN4O3/c13-8-3-6(10(19)17-15)1-2-7(8)4-18-5-9(14)11(20)16-12(18)21/h1-3,5H,4,15H2,(H,17,19)(H,16,20,21). The number of rotatable bonds is 3. The minimum atomic E-state index is -0.632. The number of halogens is 2. The van der Waals surface area contributed by atoms with Crippen molar-refractivity contribution in [3.05, 3.63) is 65.9 Å². The topological polar surface area (TPSA) is 110 Å². The minimum absolute atomic E-state index is 0.0788. The van der Waals surface area contributed by atoms with Gasteiger partial charge in [-0.25, -0.2) is 10.6 Å². The van der Waals surface area contributed by atoms with Crippen LogP contribution >= 0.6 is 27.5 Å². The fourth-order valence-corrected chi connectivity index (χ4v) is 2.35. The lowest BCUT2D eigenvalue weighted by Crippen LogP contribution is -2.30. The summed E-state index contributed by atoms with van der Waals surface area (Å²) in [7, 11) is 0. The van der Waals surface area contributed by atoms with E-state index in [2.05, 4.69) is 20.9 Å². The fraction of sp³-hybridized carbons (Fsp3) is 0.0833. The SMILES string of the molecule is NNC(=O)c1ccc(Cn2cc(Cl)c(=O)[nH]c2=O)c(Br)c1. The summed E-state index contributed by atoms with van der Waals surface area (Å²) in [6.45, 7) is 0.181. The Morgan fingerprint density at radius 1 is 1.43 bits per heavy atom. The van der Waals surface area contributed by atoms with Crippen LogP contribution < -0.4 is 22.5 Å². The summed E-state index contributed by atoms with van der Waals surface area (Å²) in [5.41, 5.74) is 1.93. The van der Waals surface area contributed by atoms with Crippen molar-refractivity contribution in [1.29, 1.82) is 0 Å². The van der Waals surface area contributed by atoms with Gasteiger partial charge in [-0.05, 0) is 17.7 Å². The summed E-state index contributed by atoms with van der Waals surface area (Å²) < 4.78 is 1.88. The number of nitrogens with one attached hydrogen (secondary N) is 2. The van der Waals surface area contributed by atoms with E-state index in [-0.39, 0.29) is 11.6 Å². The molecule has 0 atom stereocenters. The molecule has 1 heterocycles. The van der Waals surface area contributed by atoms with Gasteiger partial charge in [0.05, 0.1) is 6.54 Å². The van der Waals surface area contributed by atoms with Gasteiger partial charge in [-0.3, -0.25) is 24.6 Å². The van der Waals surface area contributed by atoms with E-state index in [0.29, 0.717) is 10.0 Å². The van der Waals surface area contributed by atoms with E-state index in [1.54, 1.807) is 18.2 Å². The first-order valence-electron chi connectivity index (χ1n) is 5.71. The van der Waals surface area contributed by atoms with Gasteiger partial charge >= 0.3 is 5.69 Å². The molecule has 7 nitrogen and oxygen atoms in total. The molecule has 0 bridgehead atoms. The van der Waals surface area contributed by atoms with Crippen LogP contribution in [0.15, 0.2) is 38.5 Å². The number of carbonyl (C=O) groups is 1. The molecule has 0 fully saturated rings. The number of amides is 1. The Bertz CT molecular complexity index is 815. The highest BCUT2D eigenvalue weighted by Crippen LogP contribution is 2.19. The van der Waals surface area contributed by atoms with E-state index in [4.69, 9.17) is 17.4 Å². The van der Waals surface area contributed by atoms with Gasteiger partial charge in [-0.15, -0.1) is 0 Å². The zero-order valence-corrected chi connectivity index (χ0v) is 12.9. The lowest BCUT2D eigenvalue weighted by molar-refractivity contribution is 0.0953. The Kier molecular flexibility index (Phi) is 4.61. The van der Waals surface area contributed by atoms with Crippen molar-refractivity contribution in [3.8, 4) is 0 Å². The molecule has 4 N–H and O–H groups in total. The Morgan fingerprint density at radius 2 is 2.14 bits per heavy atom. The normalized spacial score (nSPS) is 10.4. The minimum Gasteiger partial charge on any atom is -0.295 e. The summed E-state index contributed by atoms with van der Waals surface area (Å²) in [6.07, 6.45) is 1.26. The number of hydrogen-bond donors (Lipinski definition) is 3. The molecule has 21 heavy (non-hydrogen) atoms. The molecule has 2 aromatic rings. The monoisotopic (exact) mass is 372 g/mol. The number of nitrogen functional groups attached to an aromatic ring is 1. The average molecular weight is 374 g/mol. The van der Waals surface area contributed by atoms with Crippen molar-refractivity contribution in [2.24, 2.45) is 5.84 Å². The predicted octanol–water partition coefficient (Wildman–Crippen LogP) is 0.604. The van der Waals surface area contributed by atoms with Crippen LogP contribution in [0.5, 0.6) is 0 Å². The quantitative estimate of drug-likeness (QED) is 0.416. The van der Waals surface area contributed by atoms with Crippen LogP contribution in [0.4, 0.5) is 0 Å². The predicted molar refractivity (Wildman–Crippen MR) is 81.2 cm³/mol. The van der Waals surface area contributed by atoms with Crippen LogP contribution in [0.3, 0.4) is 0 Å². The Hall–Kier alpha value is -1.90. The van der Waals surface area contributed by atoms with Gasteiger partial charge in [0.2, 0.25) is 0 Å². The number of benzene rings is 1. The lowest BCUT2D eigenvalue weighted by atomic mass is 10.1. The number of hydrogen-bond acceptors (Lipinski definition) is 4. The Balaban J connectivity index is 2.37. The molecule has 1 aromatic carbocycles. The second-order valence-electron chi connectivity index (χ2n) is 4.14. The highest BCUT2D eigenvalue weighted by molar-refractivity contribution is 9.10. The summed E-state index contributed by atoms with van der Waals surface area (Å²) in [6, 6.07) is 4.82. The van der Waals surface area contributed by atoms with Crippen LogP contribution in [-0.4, -0.2) is 15.5 Å². The van der Waals surface area contributed by atoms with Crippen molar-refractivity contribution >= 4 is 33.4 Å². The van der Waals surface area contributed by atoms with E-state index in [9.17, 15) is 14.4 Å². The van der Waals surface area contributed by atoms with E-state index in [1.165, 1.54) is 10.8 Å². The molecule has 0 unspecified atom stereocenters. The number of nitrogens with zero attached hydrogens (tertiary/aromatic N) is 1. The van der Waals surface area contributed by atoms with Crippen molar-refractivity contribution in [2.45, 2.75) is 6.54 Å². The molecule has 0 radical (unpaired) electrons. The molecular formula is C12H10BrClN4O3. The van der Waals surface area contributed by atoms with E-state index in [0.717, 1.165) is 5.56 Å². The molecule has 0 aliphatic heterocycles.